The molecule has 72 valence electrons. The molecule has 2 atom stereocenters. The average Bonchev–Trinajstić information content (AvgIpc) is 1.82. The zero-order valence-corrected chi connectivity index (χ0v) is 6.47. The van der Waals surface area contributed by atoms with E-state index in [1.807, 2.05) is 0 Å². The predicted octanol–water partition coefficient (Wildman–Crippen LogP) is 1.48. The van der Waals surface area contributed by atoms with Crippen LogP contribution < -0.4 is 0 Å². The quantitative estimate of drug-likeness (QED) is 0.668. The van der Waals surface area contributed by atoms with Gasteiger partial charge in [0.05, 0.1) is 18.6 Å². The second kappa shape index (κ2) is 3.62. The SMILES string of the molecule is OC1CCO[C@H](CC(F)(F)F)C1. The van der Waals surface area contributed by atoms with Gasteiger partial charge in [-0.3, -0.25) is 0 Å². The Morgan fingerprint density at radius 2 is 2.08 bits per heavy atom. The smallest absolute Gasteiger partial charge is 0.391 e. The standard InChI is InChI=1S/C7H11F3O2/c8-7(9,10)4-6-3-5(11)1-2-12-6/h5-6,11H,1-4H2/t5?,6-/m0/s1. The zero-order chi connectivity index (χ0) is 9.19. The Morgan fingerprint density at radius 1 is 1.42 bits per heavy atom. The number of hydrogen-bond donors (Lipinski definition) is 1. The Morgan fingerprint density at radius 3 is 2.58 bits per heavy atom. The molecule has 2 nitrogen and oxygen atoms in total. The normalized spacial score (nSPS) is 32.0. The number of aliphatic hydroxyl groups is 1. The maximum atomic E-state index is 11.8. The van der Waals surface area contributed by atoms with Gasteiger partial charge in [0.1, 0.15) is 0 Å². The maximum absolute atomic E-state index is 11.8. The van der Waals surface area contributed by atoms with Crippen molar-refractivity contribution in [3.63, 3.8) is 0 Å². The van der Waals surface area contributed by atoms with Gasteiger partial charge in [-0.2, -0.15) is 13.2 Å². The second-order valence-electron chi connectivity index (χ2n) is 2.99. The van der Waals surface area contributed by atoms with E-state index in [9.17, 15) is 13.2 Å². The summed E-state index contributed by atoms with van der Waals surface area (Å²) >= 11 is 0. The van der Waals surface area contributed by atoms with Crippen LogP contribution in [-0.2, 0) is 4.74 Å². The van der Waals surface area contributed by atoms with E-state index in [-0.39, 0.29) is 13.0 Å². The second-order valence-corrected chi connectivity index (χ2v) is 2.99. The third kappa shape index (κ3) is 3.40. The maximum Gasteiger partial charge on any atom is 0.391 e. The fraction of sp³-hybridized carbons (Fsp3) is 1.00. The van der Waals surface area contributed by atoms with Crippen molar-refractivity contribution in [1.82, 2.24) is 0 Å². The number of halogens is 3. The van der Waals surface area contributed by atoms with Crippen LogP contribution >= 0.6 is 0 Å². The molecule has 0 aromatic rings. The van der Waals surface area contributed by atoms with E-state index >= 15 is 0 Å². The first-order chi connectivity index (χ1) is 5.47. The van der Waals surface area contributed by atoms with E-state index in [4.69, 9.17) is 9.84 Å². The first-order valence-electron chi connectivity index (χ1n) is 3.84. The summed E-state index contributed by atoms with van der Waals surface area (Å²) < 4.78 is 40.3. The van der Waals surface area contributed by atoms with Gasteiger partial charge in [0, 0.05) is 6.61 Å². The summed E-state index contributed by atoms with van der Waals surface area (Å²) in [6.07, 6.45) is -6.10. The van der Waals surface area contributed by atoms with Crippen molar-refractivity contribution in [2.75, 3.05) is 6.61 Å². The Hall–Kier alpha value is -0.290. The summed E-state index contributed by atoms with van der Waals surface area (Å²) in [7, 11) is 0. The summed E-state index contributed by atoms with van der Waals surface area (Å²) in [6, 6.07) is 0. The molecule has 1 aliphatic rings. The van der Waals surface area contributed by atoms with Crippen molar-refractivity contribution in [1.29, 1.82) is 0 Å². The zero-order valence-electron chi connectivity index (χ0n) is 6.47. The minimum Gasteiger partial charge on any atom is -0.393 e. The van der Waals surface area contributed by atoms with Gasteiger partial charge in [0.2, 0.25) is 0 Å². The Bertz CT molecular complexity index is 146. The topological polar surface area (TPSA) is 29.5 Å². The van der Waals surface area contributed by atoms with Crippen molar-refractivity contribution < 1.29 is 23.0 Å². The van der Waals surface area contributed by atoms with Gasteiger partial charge >= 0.3 is 6.18 Å². The third-order valence-electron chi connectivity index (χ3n) is 1.80. The van der Waals surface area contributed by atoms with Crippen molar-refractivity contribution in [2.45, 2.75) is 37.6 Å². The van der Waals surface area contributed by atoms with Crippen LogP contribution in [0.4, 0.5) is 13.2 Å². The highest BCUT2D eigenvalue weighted by Gasteiger charge is 2.34. The average molecular weight is 184 g/mol. The number of aliphatic hydroxyl groups excluding tert-OH is 1. The molecular weight excluding hydrogens is 173 g/mol. The van der Waals surface area contributed by atoms with E-state index in [0.717, 1.165) is 0 Å². The lowest BCUT2D eigenvalue weighted by Gasteiger charge is -2.26. The van der Waals surface area contributed by atoms with Crippen molar-refractivity contribution >= 4 is 0 Å². The monoisotopic (exact) mass is 184 g/mol. The highest BCUT2D eigenvalue weighted by Crippen LogP contribution is 2.27. The highest BCUT2D eigenvalue weighted by molar-refractivity contribution is 4.72. The summed E-state index contributed by atoms with van der Waals surface area (Å²) in [5, 5.41) is 9.03. The minimum absolute atomic E-state index is 0.0967. The Labute approximate surface area is 68.3 Å². The molecule has 5 heteroatoms. The molecule has 0 spiro atoms. The van der Waals surface area contributed by atoms with Gasteiger partial charge in [-0.25, -0.2) is 0 Å². The van der Waals surface area contributed by atoms with Gasteiger partial charge < -0.3 is 9.84 Å². The van der Waals surface area contributed by atoms with Crippen molar-refractivity contribution in [3.05, 3.63) is 0 Å². The van der Waals surface area contributed by atoms with Crippen LogP contribution in [-0.4, -0.2) is 30.1 Å². The van der Waals surface area contributed by atoms with Crippen LogP contribution in [0.5, 0.6) is 0 Å². The minimum atomic E-state index is -4.19. The van der Waals surface area contributed by atoms with Crippen LogP contribution in [0.2, 0.25) is 0 Å². The van der Waals surface area contributed by atoms with Gasteiger partial charge in [-0.15, -0.1) is 0 Å². The molecule has 0 aromatic carbocycles. The van der Waals surface area contributed by atoms with Gasteiger partial charge in [0.25, 0.3) is 0 Å². The van der Waals surface area contributed by atoms with E-state index in [0.29, 0.717) is 6.42 Å². The lowest BCUT2D eigenvalue weighted by Crippen LogP contribution is -2.32. The number of ether oxygens (including phenoxy) is 1. The molecule has 1 rings (SSSR count). The first-order valence-corrected chi connectivity index (χ1v) is 3.84. The fourth-order valence-electron chi connectivity index (χ4n) is 1.26. The van der Waals surface area contributed by atoms with Crippen molar-refractivity contribution in [3.8, 4) is 0 Å². The molecule has 12 heavy (non-hydrogen) atoms. The van der Waals surface area contributed by atoms with E-state index < -0.39 is 24.8 Å². The molecule has 1 heterocycles. The molecular formula is C7H11F3O2. The van der Waals surface area contributed by atoms with E-state index in [1.165, 1.54) is 0 Å². The fourth-order valence-corrected chi connectivity index (χ4v) is 1.26. The Kier molecular flexibility index (Phi) is 2.95. The molecule has 0 bridgehead atoms. The van der Waals surface area contributed by atoms with Gasteiger partial charge in [0.15, 0.2) is 0 Å². The lowest BCUT2D eigenvalue weighted by molar-refractivity contribution is -0.172. The molecule has 0 saturated carbocycles. The van der Waals surface area contributed by atoms with Gasteiger partial charge in [-0.05, 0) is 12.8 Å². The van der Waals surface area contributed by atoms with Crippen LogP contribution in [0.25, 0.3) is 0 Å². The summed E-state index contributed by atoms with van der Waals surface area (Å²) in [5.41, 5.74) is 0. The van der Waals surface area contributed by atoms with Crippen LogP contribution in [0, 0.1) is 0 Å². The summed E-state index contributed by atoms with van der Waals surface area (Å²) in [4.78, 5) is 0. The van der Waals surface area contributed by atoms with Crippen LogP contribution in [0.15, 0.2) is 0 Å². The third-order valence-corrected chi connectivity index (χ3v) is 1.80. The van der Waals surface area contributed by atoms with E-state index in [2.05, 4.69) is 0 Å². The van der Waals surface area contributed by atoms with Crippen molar-refractivity contribution in [2.24, 2.45) is 0 Å². The number of rotatable bonds is 1. The van der Waals surface area contributed by atoms with Crippen LogP contribution in [0.1, 0.15) is 19.3 Å². The Balaban J connectivity index is 2.32. The molecule has 0 radical (unpaired) electrons. The summed E-state index contributed by atoms with van der Waals surface area (Å²) in [6.45, 7) is 0.224. The lowest BCUT2D eigenvalue weighted by atomic mass is 10.0. The first kappa shape index (κ1) is 9.80. The molecule has 0 aliphatic carbocycles. The number of alkyl halides is 3. The van der Waals surface area contributed by atoms with Gasteiger partial charge in [-0.1, -0.05) is 0 Å². The highest BCUT2D eigenvalue weighted by atomic mass is 19.4. The molecule has 1 aliphatic heterocycles. The molecule has 1 fully saturated rings. The summed E-state index contributed by atoms with van der Waals surface area (Å²) in [5.74, 6) is 0. The molecule has 0 aromatic heterocycles. The molecule has 0 amide bonds. The number of hydrogen-bond acceptors (Lipinski definition) is 2. The molecule has 1 unspecified atom stereocenters. The predicted molar refractivity (Wildman–Crippen MR) is 35.7 cm³/mol. The molecule has 1 N–H and O–H groups in total. The molecule has 1 saturated heterocycles. The largest absolute Gasteiger partial charge is 0.393 e. The van der Waals surface area contributed by atoms with Crippen LogP contribution in [0.3, 0.4) is 0 Å². The van der Waals surface area contributed by atoms with E-state index in [1.54, 1.807) is 0 Å².